The van der Waals surface area contributed by atoms with Gasteiger partial charge in [0.1, 0.15) is 0 Å². The van der Waals surface area contributed by atoms with Gasteiger partial charge in [0, 0.05) is 31.9 Å². The minimum Gasteiger partial charge on any atom is -0.392 e. The van der Waals surface area contributed by atoms with Crippen molar-refractivity contribution in [1.82, 2.24) is 10.2 Å². The second kappa shape index (κ2) is 6.76. The van der Waals surface area contributed by atoms with E-state index in [0.29, 0.717) is 13.1 Å². The summed E-state index contributed by atoms with van der Waals surface area (Å²) in [6.45, 7) is 2.95. The van der Waals surface area contributed by atoms with E-state index in [2.05, 4.69) is 22.4 Å². The van der Waals surface area contributed by atoms with Gasteiger partial charge in [0.05, 0.1) is 12.3 Å². The molecule has 0 heterocycles. The lowest BCUT2D eigenvalue weighted by molar-refractivity contribution is 0.106. The van der Waals surface area contributed by atoms with Gasteiger partial charge in [0.25, 0.3) is 0 Å². The Morgan fingerprint density at radius 3 is 2.65 bits per heavy atom. The van der Waals surface area contributed by atoms with Crippen LogP contribution in [0.1, 0.15) is 13.3 Å². The predicted molar refractivity (Wildman–Crippen MR) is 70.1 cm³/mol. The fraction of sp³-hybridized carbons (Fsp3) is 0.667. The predicted octanol–water partition coefficient (Wildman–Crippen LogP) is -0.655. The second-order valence-electron chi connectivity index (χ2n) is 4.54. The number of nitrogens with two attached hydrogens (primary N) is 2. The molecule has 5 nitrogen and oxygen atoms in total. The van der Waals surface area contributed by atoms with Crippen LogP contribution in [0.15, 0.2) is 23.9 Å². The molecule has 0 aromatic carbocycles. The molecule has 0 bridgehead atoms. The first-order valence-corrected chi connectivity index (χ1v) is 6.02. The molecule has 0 radical (unpaired) electrons. The van der Waals surface area contributed by atoms with E-state index < -0.39 is 0 Å². The Kier molecular flexibility index (Phi) is 5.64. The van der Waals surface area contributed by atoms with Crippen LogP contribution in [0.5, 0.6) is 0 Å². The third kappa shape index (κ3) is 4.87. The summed E-state index contributed by atoms with van der Waals surface area (Å²) in [5.74, 6) is 0. The molecule has 0 saturated heterocycles. The van der Waals surface area contributed by atoms with Crippen LogP contribution >= 0.6 is 0 Å². The highest BCUT2D eigenvalue weighted by molar-refractivity contribution is 5.23. The third-order valence-corrected chi connectivity index (χ3v) is 2.78. The van der Waals surface area contributed by atoms with Crippen LogP contribution in [0.3, 0.4) is 0 Å². The van der Waals surface area contributed by atoms with Crippen LogP contribution in [-0.4, -0.2) is 48.5 Å². The van der Waals surface area contributed by atoms with Crippen LogP contribution in [-0.2, 0) is 0 Å². The van der Waals surface area contributed by atoms with Gasteiger partial charge in [0.2, 0.25) is 0 Å². The number of rotatable bonds is 6. The van der Waals surface area contributed by atoms with E-state index in [1.807, 2.05) is 13.1 Å². The minimum atomic E-state index is -0.378. The molecule has 5 heteroatoms. The van der Waals surface area contributed by atoms with Gasteiger partial charge in [-0.3, -0.25) is 4.90 Å². The van der Waals surface area contributed by atoms with Crippen molar-refractivity contribution in [2.75, 3.05) is 20.1 Å². The first-order valence-electron chi connectivity index (χ1n) is 6.02. The van der Waals surface area contributed by atoms with Crippen molar-refractivity contribution in [3.8, 4) is 0 Å². The number of hydrogen-bond donors (Lipinski definition) is 4. The number of allylic oxidation sites excluding steroid dienone is 1. The SMILES string of the molecule is CNC1=CCC(N(CC(N)N)CC(C)O)C=C1. The summed E-state index contributed by atoms with van der Waals surface area (Å²) in [6, 6.07) is 0.260. The van der Waals surface area contributed by atoms with E-state index in [0.717, 1.165) is 12.1 Å². The van der Waals surface area contributed by atoms with Crippen molar-refractivity contribution in [2.45, 2.75) is 31.7 Å². The van der Waals surface area contributed by atoms with E-state index in [9.17, 15) is 5.11 Å². The highest BCUT2D eigenvalue weighted by Gasteiger charge is 2.19. The second-order valence-corrected chi connectivity index (χ2v) is 4.54. The number of aliphatic hydroxyl groups excluding tert-OH is 1. The van der Waals surface area contributed by atoms with E-state index in [1.165, 1.54) is 0 Å². The van der Waals surface area contributed by atoms with Crippen molar-refractivity contribution >= 4 is 0 Å². The lowest BCUT2D eigenvalue weighted by atomic mass is 10.0. The molecular weight excluding hydrogens is 216 g/mol. The molecule has 1 aliphatic carbocycles. The molecule has 0 aromatic rings. The molecule has 1 rings (SSSR count). The molecule has 0 fully saturated rings. The Morgan fingerprint density at radius 2 is 2.24 bits per heavy atom. The van der Waals surface area contributed by atoms with Crippen LogP contribution in [0, 0.1) is 0 Å². The fourth-order valence-corrected chi connectivity index (χ4v) is 2.02. The smallest absolute Gasteiger partial charge is 0.0652 e. The topological polar surface area (TPSA) is 87.5 Å². The highest BCUT2D eigenvalue weighted by atomic mass is 16.3. The van der Waals surface area contributed by atoms with Crippen LogP contribution in [0.25, 0.3) is 0 Å². The Hall–Kier alpha value is -0.880. The van der Waals surface area contributed by atoms with Gasteiger partial charge in [-0.05, 0) is 19.4 Å². The van der Waals surface area contributed by atoms with Crippen LogP contribution in [0.4, 0.5) is 0 Å². The molecule has 0 amide bonds. The molecule has 2 unspecified atom stereocenters. The Bertz CT molecular complexity index is 276. The quantitative estimate of drug-likeness (QED) is 0.463. The number of hydrogen-bond acceptors (Lipinski definition) is 5. The van der Waals surface area contributed by atoms with Gasteiger partial charge in [-0.15, -0.1) is 0 Å². The lowest BCUT2D eigenvalue weighted by Crippen LogP contribution is -2.49. The van der Waals surface area contributed by atoms with Crippen molar-refractivity contribution < 1.29 is 5.11 Å². The van der Waals surface area contributed by atoms with Gasteiger partial charge in [-0.2, -0.15) is 0 Å². The third-order valence-electron chi connectivity index (χ3n) is 2.78. The molecular formula is C12H24N4O. The van der Waals surface area contributed by atoms with Gasteiger partial charge in [-0.25, -0.2) is 0 Å². The summed E-state index contributed by atoms with van der Waals surface area (Å²) < 4.78 is 0. The van der Waals surface area contributed by atoms with Gasteiger partial charge in [0.15, 0.2) is 0 Å². The van der Waals surface area contributed by atoms with Gasteiger partial charge < -0.3 is 21.9 Å². The molecule has 2 atom stereocenters. The maximum atomic E-state index is 9.49. The first-order chi connectivity index (χ1) is 8.02. The van der Waals surface area contributed by atoms with Crippen LogP contribution in [0.2, 0.25) is 0 Å². The van der Waals surface area contributed by atoms with Crippen molar-refractivity contribution in [3.63, 3.8) is 0 Å². The molecule has 17 heavy (non-hydrogen) atoms. The van der Waals surface area contributed by atoms with E-state index >= 15 is 0 Å². The lowest BCUT2D eigenvalue weighted by Gasteiger charge is -2.32. The summed E-state index contributed by atoms with van der Waals surface area (Å²) >= 11 is 0. The average Bonchev–Trinajstić information content (AvgIpc) is 2.27. The summed E-state index contributed by atoms with van der Waals surface area (Å²) in [5, 5.41) is 12.6. The summed E-state index contributed by atoms with van der Waals surface area (Å²) in [6.07, 6.45) is 6.46. The van der Waals surface area contributed by atoms with Crippen molar-refractivity contribution in [1.29, 1.82) is 0 Å². The monoisotopic (exact) mass is 240 g/mol. The van der Waals surface area contributed by atoms with E-state index in [1.54, 1.807) is 6.92 Å². The summed E-state index contributed by atoms with van der Waals surface area (Å²) in [7, 11) is 1.90. The van der Waals surface area contributed by atoms with E-state index in [-0.39, 0.29) is 18.3 Å². The zero-order chi connectivity index (χ0) is 12.8. The number of aliphatic hydroxyl groups is 1. The Morgan fingerprint density at radius 1 is 1.53 bits per heavy atom. The molecule has 0 aromatic heterocycles. The van der Waals surface area contributed by atoms with Crippen LogP contribution < -0.4 is 16.8 Å². The average molecular weight is 240 g/mol. The molecule has 0 spiro atoms. The standard InChI is InChI=1S/C12H24N4O/c1-9(17)7-16(8-12(13)14)11-5-3-10(15-2)4-6-11/h3-5,9,11-12,15,17H,6-8,13-14H2,1-2H3. The first kappa shape index (κ1) is 14.2. The zero-order valence-corrected chi connectivity index (χ0v) is 10.6. The number of nitrogens with zero attached hydrogens (tertiary/aromatic N) is 1. The van der Waals surface area contributed by atoms with Gasteiger partial charge >= 0.3 is 0 Å². The normalized spacial score (nSPS) is 21.8. The number of likely N-dealkylation sites (N-methyl/N-ethyl adjacent to an activating group) is 1. The molecule has 0 aliphatic heterocycles. The maximum absolute atomic E-state index is 9.49. The molecule has 1 aliphatic rings. The highest BCUT2D eigenvalue weighted by Crippen LogP contribution is 2.15. The Labute approximate surface area is 103 Å². The fourth-order valence-electron chi connectivity index (χ4n) is 2.02. The summed E-state index contributed by atoms with van der Waals surface area (Å²) in [5.41, 5.74) is 12.4. The zero-order valence-electron chi connectivity index (χ0n) is 10.6. The molecule has 0 saturated carbocycles. The largest absolute Gasteiger partial charge is 0.392 e. The molecule has 98 valence electrons. The van der Waals surface area contributed by atoms with E-state index in [4.69, 9.17) is 11.5 Å². The Balaban J connectivity index is 2.59. The molecule has 6 N–H and O–H groups in total. The van der Waals surface area contributed by atoms with Crippen molar-refractivity contribution in [2.24, 2.45) is 11.5 Å². The van der Waals surface area contributed by atoms with Gasteiger partial charge in [-0.1, -0.05) is 12.2 Å². The number of nitrogens with one attached hydrogen (secondary N) is 1. The minimum absolute atomic E-state index is 0.260. The maximum Gasteiger partial charge on any atom is 0.0652 e. The summed E-state index contributed by atoms with van der Waals surface area (Å²) in [4.78, 5) is 2.12. The van der Waals surface area contributed by atoms with Crippen molar-refractivity contribution in [3.05, 3.63) is 23.9 Å².